The SMILES string of the molecule is CC(SC(=O)c1cc(N2C(=O)C3=C(CCCC3)C2=O)c(F)cc1Cl)N(C)C. The van der Waals surface area contributed by atoms with Crippen LogP contribution in [0.15, 0.2) is 23.3 Å². The van der Waals surface area contributed by atoms with Gasteiger partial charge in [-0.2, -0.15) is 0 Å². The van der Waals surface area contributed by atoms with Crippen LogP contribution >= 0.6 is 23.4 Å². The van der Waals surface area contributed by atoms with E-state index < -0.39 is 17.6 Å². The molecule has 2 amide bonds. The summed E-state index contributed by atoms with van der Waals surface area (Å²) >= 11 is 7.11. The summed E-state index contributed by atoms with van der Waals surface area (Å²) in [5, 5.41) is -0.512. The van der Waals surface area contributed by atoms with Gasteiger partial charge in [0.2, 0.25) is 5.12 Å². The first-order valence-electron chi connectivity index (χ1n) is 8.69. The largest absolute Gasteiger partial charge is 0.297 e. The molecule has 0 fully saturated rings. The summed E-state index contributed by atoms with van der Waals surface area (Å²) in [4.78, 5) is 40.7. The zero-order chi connectivity index (χ0) is 19.9. The van der Waals surface area contributed by atoms with Crippen LogP contribution in [0.5, 0.6) is 0 Å². The molecule has 1 aliphatic heterocycles. The summed E-state index contributed by atoms with van der Waals surface area (Å²) in [6.07, 6.45) is 2.70. The molecule has 0 spiro atoms. The topological polar surface area (TPSA) is 57.7 Å². The third-order valence-electron chi connectivity index (χ3n) is 4.89. The number of amides is 2. The molecule has 5 nitrogen and oxygen atoms in total. The van der Waals surface area contributed by atoms with Crippen LogP contribution in [0.4, 0.5) is 10.1 Å². The first-order chi connectivity index (χ1) is 12.7. The van der Waals surface area contributed by atoms with Crippen LogP contribution in [0, 0.1) is 5.82 Å². The number of hydrogen-bond acceptors (Lipinski definition) is 5. The number of thioether (sulfide) groups is 1. The molecule has 1 atom stereocenters. The number of halogens is 2. The van der Waals surface area contributed by atoms with Gasteiger partial charge in [0.05, 0.1) is 16.1 Å². The zero-order valence-corrected chi connectivity index (χ0v) is 16.9. The van der Waals surface area contributed by atoms with Crippen LogP contribution in [0.2, 0.25) is 5.02 Å². The monoisotopic (exact) mass is 410 g/mol. The van der Waals surface area contributed by atoms with Gasteiger partial charge in [-0.3, -0.25) is 19.3 Å². The van der Waals surface area contributed by atoms with Gasteiger partial charge in [-0.15, -0.1) is 0 Å². The third-order valence-corrected chi connectivity index (χ3v) is 6.40. The lowest BCUT2D eigenvalue weighted by Gasteiger charge is -2.20. The van der Waals surface area contributed by atoms with E-state index >= 15 is 0 Å². The van der Waals surface area contributed by atoms with Crippen molar-refractivity contribution in [3.63, 3.8) is 0 Å². The van der Waals surface area contributed by atoms with E-state index in [9.17, 15) is 18.8 Å². The number of carbonyl (C=O) groups excluding carboxylic acids is 3. The average Bonchev–Trinajstić information content (AvgIpc) is 2.86. The summed E-state index contributed by atoms with van der Waals surface area (Å²) < 4.78 is 14.6. The quantitative estimate of drug-likeness (QED) is 0.554. The minimum absolute atomic E-state index is 0.0449. The van der Waals surface area contributed by atoms with Gasteiger partial charge in [0.25, 0.3) is 11.8 Å². The smallest absolute Gasteiger partial charge is 0.261 e. The Balaban J connectivity index is 1.97. The van der Waals surface area contributed by atoms with Crippen molar-refractivity contribution in [2.45, 2.75) is 38.0 Å². The van der Waals surface area contributed by atoms with Gasteiger partial charge in [0, 0.05) is 16.7 Å². The minimum atomic E-state index is -0.802. The van der Waals surface area contributed by atoms with Crippen molar-refractivity contribution in [3.8, 4) is 0 Å². The number of carbonyl (C=O) groups is 3. The fraction of sp³-hybridized carbons (Fsp3) is 0.421. The van der Waals surface area contributed by atoms with Crippen LogP contribution in [-0.2, 0) is 9.59 Å². The van der Waals surface area contributed by atoms with Gasteiger partial charge in [-0.25, -0.2) is 9.29 Å². The van der Waals surface area contributed by atoms with E-state index in [2.05, 4.69) is 0 Å². The molecule has 3 rings (SSSR count). The molecule has 0 aromatic heterocycles. The van der Waals surface area contributed by atoms with Gasteiger partial charge >= 0.3 is 0 Å². The normalized spacial score (nSPS) is 18.4. The predicted molar refractivity (Wildman–Crippen MR) is 104 cm³/mol. The highest BCUT2D eigenvalue weighted by Gasteiger charge is 2.41. The fourth-order valence-corrected chi connectivity index (χ4v) is 4.26. The molecular weight excluding hydrogens is 391 g/mol. The highest BCUT2D eigenvalue weighted by atomic mass is 35.5. The lowest BCUT2D eigenvalue weighted by molar-refractivity contribution is -0.120. The molecule has 1 aromatic rings. The molecule has 1 unspecified atom stereocenters. The Labute approximate surface area is 166 Å². The fourth-order valence-electron chi connectivity index (χ4n) is 3.15. The Morgan fingerprint density at radius 3 is 2.26 bits per heavy atom. The maximum atomic E-state index is 14.6. The molecule has 2 aliphatic rings. The molecular formula is C19H20ClFN2O3S. The summed E-state index contributed by atoms with van der Waals surface area (Å²) in [5.74, 6) is -1.80. The number of imide groups is 1. The zero-order valence-electron chi connectivity index (χ0n) is 15.3. The Morgan fingerprint density at radius 2 is 1.74 bits per heavy atom. The lowest BCUT2D eigenvalue weighted by atomic mass is 9.93. The number of nitrogens with zero attached hydrogens (tertiary/aromatic N) is 2. The third kappa shape index (κ3) is 3.68. The first kappa shape index (κ1) is 20.0. The first-order valence-corrected chi connectivity index (χ1v) is 9.95. The van der Waals surface area contributed by atoms with Crippen molar-refractivity contribution in [1.29, 1.82) is 0 Å². The van der Waals surface area contributed by atoms with Crippen LogP contribution in [0.1, 0.15) is 43.0 Å². The number of hydrogen-bond donors (Lipinski definition) is 0. The van der Waals surface area contributed by atoms with Gasteiger partial charge < -0.3 is 0 Å². The molecule has 0 N–H and O–H groups in total. The molecule has 144 valence electrons. The number of rotatable bonds is 4. The standard InChI is InChI=1S/C19H20ClFN2O3S/c1-10(22(2)3)27-19(26)13-8-16(15(21)9-14(13)20)23-17(24)11-6-4-5-7-12(11)18(23)25/h8-10H,4-7H2,1-3H3. The Kier molecular flexibility index (Phi) is 5.74. The van der Waals surface area contributed by atoms with Crippen LogP contribution in [0.25, 0.3) is 0 Å². The van der Waals surface area contributed by atoms with Gasteiger partial charge in [-0.05, 0) is 58.8 Å². The minimum Gasteiger partial charge on any atom is -0.297 e. The van der Waals surface area contributed by atoms with E-state index in [1.807, 2.05) is 25.9 Å². The highest BCUT2D eigenvalue weighted by Crippen LogP contribution is 2.38. The van der Waals surface area contributed by atoms with Crippen molar-refractivity contribution in [2.75, 3.05) is 19.0 Å². The Bertz CT molecular complexity index is 841. The summed E-state index contributed by atoms with van der Waals surface area (Å²) in [5.41, 5.74) is 0.788. The molecule has 0 saturated carbocycles. The average molecular weight is 411 g/mol. The van der Waals surface area contributed by atoms with E-state index in [0.29, 0.717) is 24.0 Å². The lowest BCUT2D eigenvalue weighted by Crippen LogP contribution is -2.32. The van der Waals surface area contributed by atoms with Crippen molar-refractivity contribution < 1.29 is 18.8 Å². The Morgan fingerprint density at radius 1 is 1.19 bits per heavy atom. The van der Waals surface area contributed by atoms with Crippen LogP contribution in [-0.4, -0.2) is 41.3 Å². The molecule has 1 aromatic carbocycles. The molecule has 0 radical (unpaired) electrons. The molecule has 1 heterocycles. The van der Waals surface area contributed by atoms with Crippen LogP contribution in [0.3, 0.4) is 0 Å². The van der Waals surface area contributed by atoms with Crippen LogP contribution < -0.4 is 4.90 Å². The summed E-state index contributed by atoms with van der Waals surface area (Å²) in [7, 11) is 3.67. The second kappa shape index (κ2) is 7.73. The van der Waals surface area contributed by atoms with Crippen molar-refractivity contribution in [3.05, 3.63) is 39.7 Å². The van der Waals surface area contributed by atoms with E-state index in [1.54, 1.807) is 0 Å². The van der Waals surface area contributed by atoms with Gasteiger partial charge in [0.1, 0.15) is 5.82 Å². The van der Waals surface area contributed by atoms with E-state index in [0.717, 1.165) is 35.6 Å². The van der Waals surface area contributed by atoms with Crippen molar-refractivity contribution in [1.82, 2.24) is 4.90 Å². The molecule has 0 saturated heterocycles. The molecule has 8 heteroatoms. The van der Waals surface area contributed by atoms with Crippen molar-refractivity contribution in [2.24, 2.45) is 0 Å². The highest BCUT2D eigenvalue weighted by molar-refractivity contribution is 8.14. The maximum absolute atomic E-state index is 14.6. The molecule has 1 aliphatic carbocycles. The summed E-state index contributed by atoms with van der Waals surface area (Å²) in [6, 6.07) is 2.20. The second-order valence-corrected chi connectivity index (χ2v) is 8.56. The number of benzene rings is 1. The van der Waals surface area contributed by atoms with E-state index in [4.69, 9.17) is 11.6 Å². The Hall–Kier alpha value is -1.70. The van der Waals surface area contributed by atoms with Gasteiger partial charge in [0.15, 0.2) is 0 Å². The van der Waals surface area contributed by atoms with E-state index in [1.165, 1.54) is 6.07 Å². The molecule has 0 bridgehead atoms. The second-order valence-electron chi connectivity index (χ2n) is 6.86. The van der Waals surface area contributed by atoms with Gasteiger partial charge in [-0.1, -0.05) is 23.4 Å². The maximum Gasteiger partial charge on any atom is 0.261 e. The van der Waals surface area contributed by atoms with Crippen molar-refractivity contribution >= 4 is 46.0 Å². The van der Waals surface area contributed by atoms with E-state index in [-0.39, 0.29) is 26.8 Å². The predicted octanol–water partition coefficient (Wildman–Crippen LogP) is 4.00. The number of anilines is 1. The summed E-state index contributed by atoms with van der Waals surface area (Å²) in [6.45, 7) is 1.85. The molecule has 27 heavy (non-hydrogen) atoms.